The Bertz CT molecular complexity index is 2060. The molecule has 16 heteroatoms. The first-order chi connectivity index (χ1) is 31.6. The average Bonchev–Trinajstić information content (AvgIpc) is 3.29. The molecule has 0 radical (unpaired) electrons. The summed E-state index contributed by atoms with van der Waals surface area (Å²) in [7, 11) is 0. The van der Waals surface area contributed by atoms with Crippen molar-refractivity contribution in [3.8, 4) is 0 Å². The third-order valence-corrected chi connectivity index (χ3v) is 10.1. The second kappa shape index (κ2) is 26.9. The molecule has 3 amide bonds. The lowest BCUT2D eigenvalue weighted by Crippen LogP contribution is -2.49. The number of nitrogens with two attached hydrogens (primary N) is 1. The van der Waals surface area contributed by atoms with E-state index in [1.165, 1.54) is 11.1 Å². The maximum atomic E-state index is 12.0. The molecule has 3 aliphatic heterocycles. The molecule has 3 fully saturated rings. The molecule has 0 unspecified atom stereocenters. The van der Waals surface area contributed by atoms with E-state index < -0.39 is 11.2 Å². The topological polar surface area (TPSA) is 159 Å². The molecule has 0 saturated carbocycles. The molecule has 67 heavy (non-hydrogen) atoms. The van der Waals surface area contributed by atoms with Crippen LogP contribution in [0.5, 0.6) is 0 Å². The quantitative estimate of drug-likeness (QED) is 0.139. The number of carbonyl (C=O) groups is 4. The Morgan fingerprint density at radius 2 is 0.851 bits per heavy atom. The number of ether oxygens (including phenoxy) is 3. The van der Waals surface area contributed by atoms with E-state index in [1.54, 1.807) is 39.0 Å². The standard InChI is InChI=1S/C17H23N3O2.C17H27N3O2.C9H18N2O2.C8H5NO/c1-17(2,3)22-16(21)20-11-9-19(10-12-20)13-14-5-7-15(18-4)8-6-14;1-17(2,3)22-16(21)20-10-8-19(9-11-20)13-15-6-4-14(12-18)5-7-15;1-9(2,3)13-8(12)11-6-4-10-5-7-11;1-9-8-4-2-7(6-10)3-5-8/h5-8H,9-13H2,1-3H3;4-7H,8-13,18H2,1-3H3;10H,4-7H2,1-3H3;2-6H. The summed E-state index contributed by atoms with van der Waals surface area (Å²) in [6.07, 6.45) is 0.121. The van der Waals surface area contributed by atoms with Gasteiger partial charge in [-0.15, -0.1) is 0 Å². The smallest absolute Gasteiger partial charge is 0.410 e. The highest BCUT2D eigenvalue weighted by Crippen LogP contribution is 2.18. The molecule has 3 aromatic carbocycles. The van der Waals surface area contributed by atoms with Crippen molar-refractivity contribution < 1.29 is 33.4 Å². The maximum Gasteiger partial charge on any atom is 0.410 e. The van der Waals surface area contributed by atoms with Gasteiger partial charge in [-0.1, -0.05) is 72.8 Å². The lowest BCUT2D eigenvalue weighted by atomic mass is 10.1. The average molecular weight is 924 g/mol. The van der Waals surface area contributed by atoms with Crippen LogP contribution in [-0.2, 0) is 33.8 Å². The largest absolute Gasteiger partial charge is 0.444 e. The van der Waals surface area contributed by atoms with E-state index >= 15 is 0 Å². The van der Waals surface area contributed by atoms with Crippen molar-refractivity contribution in [3.05, 3.63) is 118 Å². The minimum Gasteiger partial charge on any atom is -0.444 e. The van der Waals surface area contributed by atoms with E-state index in [0.717, 1.165) is 90.4 Å². The Kier molecular flexibility index (Phi) is 22.2. The Hall–Kier alpha value is -6.04. The van der Waals surface area contributed by atoms with Gasteiger partial charge in [0.05, 0.1) is 13.1 Å². The first kappa shape index (κ1) is 55.3. The zero-order valence-electron chi connectivity index (χ0n) is 41.2. The molecule has 0 aliphatic carbocycles. The van der Waals surface area contributed by atoms with E-state index in [4.69, 9.17) is 33.1 Å². The zero-order chi connectivity index (χ0) is 49.6. The van der Waals surface area contributed by atoms with Gasteiger partial charge in [0.15, 0.2) is 11.4 Å². The van der Waals surface area contributed by atoms with E-state index in [2.05, 4.69) is 49.1 Å². The van der Waals surface area contributed by atoms with Crippen molar-refractivity contribution in [2.75, 3.05) is 78.5 Å². The third-order valence-electron chi connectivity index (χ3n) is 10.1. The van der Waals surface area contributed by atoms with Crippen LogP contribution in [-0.4, -0.2) is 144 Å². The Morgan fingerprint density at radius 3 is 1.16 bits per heavy atom. The zero-order valence-corrected chi connectivity index (χ0v) is 41.2. The lowest BCUT2D eigenvalue weighted by molar-refractivity contribution is 0.0129. The molecule has 0 atom stereocenters. The van der Waals surface area contributed by atoms with E-state index in [-0.39, 0.29) is 23.9 Å². The third kappa shape index (κ3) is 22.3. The fourth-order valence-corrected chi connectivity index (χ4v) is 6.60. The number of nitrogens with zero attached hydrogens (tertiary/aromatic N) is 7. The van der Waals surface area contributed by atoms with Gasteiger partial charge in [0, 0.05) is 104 Å². The molecule has 3 aliphatic rings. The number of hydrogen-bond donors (Lipinski definition) is 2. The Morgan fingerprint density at radius 1 is 0.537 bits per heavy atom. The molecule has 3 aromatic rings. The van der Waals surface area contributed by atoms with Crippen molar-refractivity contribution in [1.82, 2.24) is 29.8 Å². The van der Waals surface area contributed by atoms with Gasteiger partial charge in [0.25, 0.3) is 0 Å². The van der Waals surface area contributed by atoms with Crippen LogP contribution in [0, 0.1) is 13.1 Å². The van der Waals surface area contributed by atoms with Gasteiger partial charge in [-0.3, -0.25) is 14.6 Å². The number of benzene rings is 3. The summed E-state index contributed by atoms with van der Waals surface area (Å²) in [6.45, 7) is 42.3. The highest BCUT2D eigenvalue weighted by molar-refractivity contribution is 5.75. The predicted octanol–water partition coefficient (Wildman–Crippen LogP) is 8.36. The van der Waals surface area contributed by atoms with Crippen LogP contribution in [0.2, 0.25) is 0 Å². The molecule has 3 N–H and O–H groups in total. The Labute approximate surface area is 398 Å². The number of aldehydes is 1. The Balaban J connectivity index is 0.000000248. The summed E-state index contributed by atoms with van der Waals surface area (Å²) in [4.78, 5) is 62.2. The number of carbonyl (C=O) groups excluding carboxylic acids is 4. The van der Waals surface area contributed by atoms with Gasteiger partial charge in [-0.05, 0) is 79.0 Å². The second-order valence-corrected chi connectivity index (χ2v) is 19.3. The lowest BCUT2D eigenvalue weighted by Gasteiger charge is -2.35. The van der Waals surface area contributed by atoms with Gasteiger partial charge in [-0.2, -0.15) is 0 Å². The van der Waals surface area contributed by atoms with Crippen LogP contribution in [0.4, 0.5) is 25.8 Å². The maximum absolute atomic E-state index is 12.0. The number of amides is 3. The molecule has 0 aromatic heterocycles. The molecule has 16 nitrogen and oxygen atoms in total. The molecular weight excluding hydrogens is 851 g/mol. The van der Waals surface area contributed by atoms with Crippen molar-refractivity contribution in [3.63, 3.8) is 0 Å². The normalized spacial score (nSPS) is 15.6. The first-order valence-corrected chi connectivity index (χ1v) is 22.9. The summed E-state index contributed by atoms with van der Waals surface area (Å²) >= 11 is 0. The minimum absolute atomic E-state index is 0.200. The minimum atomic E-state index is -0.446. The highest BCUT2D eigenvalue weighted by Gasteiger charge is 2.27. The molecule has 3 heterocycles. The fraction of sp³-hybridized carbons (Fsp3) is 0.529. The van der Waals surface area contributed by atoms with Crippen LogP contribution < -0.4 is 11.1 Å². The number of rotatable bonds is 6. The molecule has 0 spiro atoms. The molecule has 0 bridgehead atoms. The number of hydrogen-bond acceptors (Lipinski definition) is 11. The second-order valence-electron chi connectivity index (χ2n) is 19.3. The fourth-order valence-electron chi connectivity index (χ4n) is 6.60. The van der Waals surface area contributed by atoms with E-state index in [1.807, 2.05) is 86.6 Å². The summed E-state index contributed by atoms with van der Waals surface area (Å²) < 4.78 is 16.0. The van der Waals surface area contributed by atoms with Crippen LogP contribution in [0.3, 0.4) is 0 Å². The van der Waals surface area contributed by atoms with Gasteiger partial charge in [-0.25, -0.2) is 24.1 Å². The van der Waals surface area contributed by atoms with E-state index in [9.17, 15) is 19.2 Å². The number of nitrogens with one attached hydrogen (secondary N) is 1. The predicted molar refractivity (Wildman–Crippen MR) is 262 cm³/mol. The summed E-state index contributed by atoms with van der Waals surface area (Å²) in [5.74, 6) is 0. The van der Waals surface area contributed by atoms with Crippen LogP contribution in [0.1, 0.15) is 89.4 Å². The molecule has 3 saturated heterocycles. The highest BCUT2D eigenvalue weighted by atomic mass is 16.6. The first-order valence-electron chi connectivity index (χ1n) is 22.9. The van der Waals surface area contributed by atoms with Gasteiger partial charge < -0.3 is 40.0 Å². The summed E-state index contributed by atoms with van der Waals surface area (Å²) in [5, 5.41) is 3.18. The van der Waals surface area contributed by atoms with E-state index in [0.29, 0.717) is 36.6 Å². The van der Waals surface area contributed by atoms with Crippen LogP contribution >= 0.6 is 0 Å². The molecule has 6 rings (SSSR count). The SMILES string of the molecule is CC(C)(C)OC(=O)N1CCN(Cc2ccc(CN)cc2)CC1.CC(C)(C)OC(=O)N1CCNCC1.[C-]#[N+]c1ccc(C=O)cc1.[C-]#[N+]c1ccc(CN2CCN(C(=O)OC(C)(C)C)CC2)cc1. The van der Waals surface area contributed by atoms with Gasteiger partial charge in [0.1, 0.15) is 23.1 Å². The molecule has 364 valence electrons. The van der Waals surface area contributed by atoms with Crippen LogP contribution in [0.15, 0.2) is 72.8 Å². The van der Waals surface area contributed by atoms with Crippen molar-refractivity contribution in [2.24, 2.45) is 5.73 Å². The van der Waals surface area contributed by atoms with Crippen LogP contribution in [0.25, 0.3) is 9.69 Å². The van der Waals surface area contributed by atoms with Gasteiger partial charge in [0.2, 0.25) is 0 Å². The monoisotopic (exact) mass is 924 g/mol. The van der Waals surface area contributed by atoms with Crippen molar-refractivity contribution in [1.29, 1.82) is 0 Å². The summed E-state index contributed by atoms with van der Waals surface area (Å²) in [5.41, 5.74) is 9.80. The summed E-state index contributed by atoms with van der Waals surface area (Å²) in [6, 6.07) is 22.6. The van der Waals surface area contributed by atoms with Gasteiger partial charge >= 0.3 is 18.3 Å². The number of piperazine rings is 3. The van der Waals surface area contributed by atoms with Crippen molar-refractivity contribution >= 4 is 35.9 Å². The molecular formula is C51H73N9O7. The van der Waals surface area contributed by atoms with Crippen molar-refractivity contribution in [2.45, 2.75) is 98.8 Å².